The van der Waals surface area contributed by atoms with E-state index < -0.39 is 0 Å². The lowest BCUT2D eigenvalue weighted by Crippen LogP contribution is -2.78. The molecule has 6 aliphatic heterocycles. The van der Waals surface area contributed by atoms with E-state index in [4.69, 9.17) is 19.4 Å². The number of ether oxygens (including phenoxy) is 2. The fourth-order valence-corrected chi connectivity index (χ4v) is 10.3. The number of nitrogens with zero attached hydrogens (tertiary/aromatic N) is 5. The monoisotopic (exact) mass is 617 g/mol. The molecule has 0 saturated carbocycles. The second kappa shape index (κ2) is 9.01. The van der Waals surface area contributed by atoms with Gasteiger partial charge >= 0.3 is 6.01 Å². The highest BCUT2D eigenvalue weighted by Gasteiger charge is 2.58. The zero-order chi connectivity index (χ0) is 27.5. The number of rotatable bonds is 4. The van der Waals surface area contributed by atoms with Crippen molar-refractivity contribution in [1.29, 1.82) is 0 Å². The zero-order valence-electron chi connectivity index (χ0n) is 24.1. The summed E-state index contributed by atoms with van der Waals surface area (Å²) < 4.78 is 14.8. The third-order valence-corrected chi connectivity index (χ3v) is 12.4. The van der Waals surface area contributed by atoms with Crippen molar-refractivity contribution in [2.24, 2.45) is 5.92 Å². The van der Waals surface area contributed by atoms with E-state index in [0.717, 1.165) is 61.8 Å². The quantitative estimate of drug-likeness (QED) is 0.448. The van der Waals surface area contributed by atoms with Crippen molar-refractivity contribution in [1.82, 2.24) is 19.8 Å². The van der Waals surface area contributed by atoms with Gasteiger partial charge in [0, 0.05) is 48.2 Å². The minimum Gasteiger partial charge on any atom is -0.461 e. The number of halogens is 1. The standard InChI is InChI=1S/C33H40BrN5O2/c1-20-13-32(9-5-11-38(32)15-20)19-40-31-35-27-14-33(10-4-6-23-25(33)7-3-8-26(23)34)41-18-24(27)30(36-31)37-16-22-12-28-21(2)29(17-37)39(22)28/h3,7-8,20,22,28-29H,2,4-6,9-19H2,1H3/t20?,22?,28?,29-,32-,33?/m0/s1. The minimum absolute atomic E-state index is 0.147. The number of piperazine rings is 1. The second-order valence-corrected chi connectivity index (χ2v) is 14.9. The Hall–Kier alpha value is -2.00. The molecule has 8 heteroatoms. The van der Waals surface area contributed by atoms with Crippen LogP contribution in [-0.2, 0) is 29.8 Å². The van der Waals surface area contributed by atoms with Crippen molar-refractivity contribution in [3.05, 3.63) is 57.2 Å². The van der Waals surface area contributed by atoms with Crippen LogP contribution >= 0.6 is 15.9 Å². The highest BCUT2D eigenvalue weighted by molar-refractivity contribution is 9.10. The fraction of sp³-hybridized carbons (Fsp3) is 0.636. The predicted molar refractivity (Wildman–Crippen MR) is 161 cm³/mol. The molecule has 1 aromatic heterocycles. The van der Waals surface area contributed by atoms with E-state index in [1.807, 2.05) is 0 Å². The van der Waals surface area contributed by atoms with Gasteiger partial charge in [-0.25, -0.2) is 0 Å². The largest absolute Gasteiger partial charge is 0.461 e. The van der Waals surface area contributed by atoms with E-state index in [0.29, 0.717) is 37.3 Å². The van der Waals surface area contributed by atoms with Crippen LogP contribution in [0.4, 0.5) is 5.82 Å². The maximum atomic E-state index is 6.91. The van der Waals surface area contributed by atoms with E-state index >= 15 is 0 Å². The first-order chi connectivity index (χ1) is 19.9. The van der Waals surface area contributed by atoms with Gasteiger partial charge in [-0.05, 0) is 80.2 Å². The molecule has 7 heterocycles. The molecule has 0 N–H and O–H groups in total. The van der Waals surface area contributed by atoms with Gasteiger partial charge < -0.3 is 14.4 Å². The number of fused-ring (bicyclic) bond motifs is 4. The molecule has 1 aliphatic carbocycles. The molecule has 5 fully saturated rings. The van der Waals surface area contributed by atoms with Crippen molar-refractivity contribution in [3.8, 4) is 6.01 Å². The maximum Gasteiger partial charge on any atom is 0.318 e. The molecule has 0 amide bonds. The minimum atomic E-state index is -0.336. The van der Waals surface area contributed by atoms with Crippen LogP contribution in [-0.4, -0.2) is 76.2 Å². The van der Waals surface area contributed by atoms with Gasteiger partial charge in [0.05, 0.1) is 29.5 Å². The second-order valence-electron chi connectivity index (χ2n) is 14.1. The van der Waals surface area contributed by atoms with Crippen molar-refractivity contribution in [2.45, 2.75) is 94.2 Å². The van der Waals surface area contributed by atoms with Crippen molar-refractivity contribution in [2.75, 3.05) is 37.7 Å². The molecule has 6 atom stereocenters. The van der Waals surface area contributed by atoms with Crippen molar-refractivity contribution < 1.29 is 9.47 Å². The smallest absolute Gasteiger partial charge is 0.318 e. The van der Waals surface area contributed by atoms with Crippen LogP contribution < -0.4 is 9.64 Å². The lowest BCUT2D eigenvalue weighted by Gasteiger charge is -2.67. The fourth-order valence-electron chi connectivity index (χ4n) is 9.78. The lowest BCUT2D eigenvalue weighted by atomic mass is 9.71. The average Bonchev–Trinajstić information content (AvgIpc) is 3.47. The van der Waals surface area contributed by atoms with Crippen LogP contribution in [0.5, 0.6) is 6.01 Å². The van der Waals surface area contributed by atoms with E-state index in [2.05, 4.69) is 62.3 Å². The zero-order valence-corrected chi connectivity index (χ0v) is 25.7. The van der Waals surface area contributed by atoms with Gasteiger partial charge in [0.1, 0.15) is 12.4 Å². The van der Waals surface area contributed by atoms with Gasteiger partial charge in [0.25, 0.3) is 0 Å². The molecule has 2 aromatic rings. The number of anilines is 1. The molecule has 0 bridgehead atoms. The van der Waals surface area contributed by atoms with Crippen LogP contribution in [0.2, 0.25) is 0 Å². The Morgan fingerprint density at radius 2 is 2.05 bits per heavy atom. The Morgan fingerprint density at radius 1 is 1.12 bits per heavy atom. The number of aromatic nitrogens is 2. The summed E-state index contributed by atoms with van der Waals surface area (Å²) in [5, 5.41) is 0. The van der Waals surface area contributed by atoms with E-state index in [9.17, 15) is 0 Å². The number of piperidine rings is 1. The summed E-state index contributed by atoms with van der Waals surface area (Å²) in [4.78, 5) is 18.2. The molecule has 9 rings (SSSR count). The molecule has 0 radical (unpaired) electrons. The SMILES string of the molecule is C=C1C2CC3CN(c4nc(OC[C@@]56CCCN5CC(C)C6)nc5c4COC4(CCCc6c(Br)cccc64)C5)C[C@@H]1N32. The highest BCUT2D eigenvalue weighted by atomic mass is 79.9. The molecule has 5 saturated heterocycles. The molecule has 1 spiro atoms. The Balaban J connectivity index is 1.08. The summed E-state index contributed by atoms with van der Waals surface area (Å²) in [7, 11) is 0. The van der Waals surface area contributed by atoms with Crippen LogP contribution in [0.1, 0.15) is 67.8 Å². The Labute approximate surface area is 251 Å². The van der Waals surface area contributed by atoms with Gasteiger partial charge in [-0.2, -0.15) is 9.97 Å². The molecule has 7 nitrogen and oxygen atoms in total. The first-order valence-corrected chi connectivity index (χ1v) is 16.6. The predicted octanol–water partition coefficient (Wildman–Crippen LogP) is 5.00. The van der Waals surface area contributed by atoms with E-state index in [1.54, 1.807) is 0 Å². The van der Waals surface area contributed by atoms with Crippen molar-refractivity contribution in [3.63, 3.8) is 0 Å². The maximum absolute atomic E-state index is 6.91. The third kappa shape index (κ3) is 3.66. The van der Waals surface area contributed by atoms with Crippen LogP contribution in [0.15, 0.2) is 34.8 Å². The average molecular weight is 619 g/mol. The molecule has 7 aliphatic rings. The summed E-state index contributed by atoms with van der Waals surface area (Å²) in [6, 6.07) is 8.82. The summed E-state index contributed by atoms with van der Waals surface area (Å²) in [5.41, 5.74) is 6.21. The van der Waals surface area contributed by atoms with Crippen LogP contribution in [0.3, 0.4) is 0 Å². The van der Waals surface area contributed by atoms with Gasteiger partial charge in [0.2, 0.25) is 0 Å². The van der Waals surface area contributed by atoms with Gasteiger partial charge in [-0.3, -0.25) is 9.80 Å². The van der Waals surface area contributed by atoms with Gasteiger partial charge in [-0.15, -0.1) is 0 Å². The molecule has 4 unspecified atom stereocenters. The van der Waals surface area contributed by atoms with Crippen molar-refractivity contribution >= 4 is 21.7 Å². The lowest BCUT2D eigenvalue weighted by molar-refractivity contribution is -0.0864. The molecule has 41 heavy (non-hydrogen) atoms. The van der Waals surface area contributed by atoms with E-state index in [-0.39, 0.29) is 11.1 Å². The summed E-state index contributed by atoms with van der Waals surface area (Å²) in [6.07, 6.45) is 8.92. The topological polar surface area (TPSA) is 54.0 Å². The number of benzene rings is 1. The molecule has 216 valence electrons. The summed E-state index contributed by atoms with van der Waals surface area (Å²) >= 11 is 3.82. The Morgan fingerprint density at radius 3 is 2.98 bits per heavy atom. The van der Waals surface area contributed by atoms with Gasteiger partial charge in [-0.1, -0.05) is 41.6 Å². The number of hydrogen-bond donors (Lipinski definition) is 0. The van der Waals surface area contributed by atoms with E-state index in [1.165, 1.54) is 59.9 Å². The highest BCUT2D eigenvalue weighted by Crippen LogP contribution is 2.51. The molecule has 1 aromatic carbocycles. The Bertz CT molecular complexity index is 1450. The first kappa shape index (κ1) is 25.5. The molecular formula is C33H40BrN5O2. The normalized spacial score (nSPS) is 37.2. The third-order valence-electron chi connectivity index (χ3n) is 11.7. The van der Waals surface area contributed by atoms with Crippen LogP contribution in [0, 0.1) is 5.92 Å². The van der Waals surface area contributed by atoms with Crippen LogP contribution in [0.25, 0.3) is 0 Å². The summed E-state index contributed by atoms with van der Waals surface area (Å²) in [6.45, 7) is 12.4. The first-order valence-electron chi connectivity index (χ1n) is 15.8. The summed E-state index contributed by atoms with van der Waals surface area (Å²) in [5.74, 6) is 1.76. The Kier molecular flexibility index (Phi) is 5.60. The molecular weight excluding hydrogens is 578 g/mol. The van der Waals surface area contributed by atoms with Gasteiger partial charge in [0.15, 0.2) is 0 Å². The number of hydrogen-bond acceptors (Lipinski definition) is 7.